The molecule has 0 atom stereocenters. The highest BCUT2D eigenvalue weighted by Crippen LogP contribution is 2.29. The predicted octanol–water partition coefficient (Wildman–Crippen LogP) is 1.32. The number of fused-ring (bicyclic) bond motifs is 3. The van der Waals surface area contributed by atoms with E-state index < -0.39 is 0 Å². The summed E-state index contributed by atoms with van der Waals surface area (Å²) in [6.45, 7) is 0. The van der Waals surface area contributed by atoms with Crippen LogP contribution in [0.25, 0.3) is 20.3 Å². The van der Waals surface area contributed by atoms with Crippen molar-refractivity contribution in [2.24, 2.45) is 0 Å². The fraction of sp³-hybridized carbons (Fsp3) is 0. The monoisotopic (exact) mass is 217 g/mol. The standard InChI is InChI=1S/C10H7N3OS/c11-13-5-12-8-6-3-1-2-4-7(6)15-9(8)10(13)14/h1-5H,11H2. The van der Waals surface area contributed by atoms with Crippen molar-refractivity contribution in [3.63, 3.8) is 0 Å². The van der Waals surface area contributed by atoms with E-state index in [1.807, 2.05) is 24.3 Å². The van der Waals surface area contributed by atoms with Crippen LogP contribution in [0.1, 0.15) is 0 Å². The van der Waals surface area contributed by atoms with Gasteiger partial charge >= 0.3 is 0 Å². The molecule has 4 nitrogen and oxygen atoms in total. The molecule has 74 valence electrons. The summed E-state index contributed by atoms with van der Waals surface area (Å²) < 4.78 is 2.68. The van der Waals surface area contributed by atoms with Crippen molar-refractivity contribution in [2.45, 2.75) is 0 Å². The lowest BCUT2D eigenvalue weighted by atomic mass is 10.2. The van der Waals surface area contributed by atoms with Crippen LogP contribution >= 0.6 is 11.3 Å². The molecule has 0 amide bonds. The second-order valence-electron chi connectivity index (χ2n) is 3.23. The average molecular weight is 217 g/mol. The van der Waals surface area contributed by atoms with Gasteiger partial charge in [0.2, 0.25) is 0 Å². The van der Waals surface area contributed by atoms with Crippen LogP contribution in [-0.4, -0.2) is 9.66 Å². The minimum atomic E-state index is -0.193. The molecule has 2 N–H and O–H groups in total. The van der Waals surface area contributed by atoms with Crippen LogP contribution in [0.2, 0.25) is 0 Å². The molecule has 0 spiro atoms. The first-order chi connectivity index (χ1) is 7.27. The van der Waals surface area contributed by atoms with Crippen LogP contribution in [0.3, 0.4) is 0 Å². The summed E-state index contributed by atoms with van der Waals surface area (Å²) in [5, 5.41) is 1.01. The molecule has 3 aromatic rings. The van der Waals surface area contributed by atoms with Gasteiger partial charge < -0.3 is 5.84 Å². The van der Waals surface area contributed by atoms with Gasteiger partial charge in [0.15, 0.2) is 0 Å². The third-order valence-corrected chi connectivity index (χ3v) is 3.46. The summed E-state index contributed by atoms with van der Waals surface area (Å²) in [7, 11) is 0. The van der Waals surface area contributed by atoms with E-state index in [4.69, 9.17) is 5.84 Å². The third-order valence-electron chi connectivity index (χ3n) is 2.31. The van der Waals surface area contributed by atoms with Crippen LogP contribution in [-0.2, 0) is 0 Å². The van der Waals surface area contributed by atoms with E-state index in [1.165, 1.54) is 17.7 Å². The Morgan fingerprint density at radius 1 is 1.33 bits per heavy atom. The highest BCUT2D eigenvalue weighted by Gasteiger charge is 2.09. The Morgan fingerprint density at radius 2 is 2.13 bits per heavy atom. The SMILES string of the molecule is Nn1cnc2c(sc3ccccc32)c1=O. The van der Waals surface area contributed by atoms with Crippen LogP contribution in [0.4, 0.5) is 0 Å². The number of benzene rings is 1. The maximum atomic E-state index is 11.7. The first-order valence-electron chi connectivity index (χ1n) is 4.41. The van der Waals surface area contributed by atoms with Crippen molar-refractivity contribution in [2.75, 3.05) is 5.84 Å². The van der Waals surface area contributed by atoms with Gasteiger partial charge in [-0.1, -0.05) is 18.2 Å². The fourth-order valence-electron chi connectivity index (χ4n) is 1.59. The van der Waals surface area contributed by atoms with Gasteiger partial charge in [-0.25, -0.2) is 9.66 Å². The number of hydrogen-bond donors (Lipinski definition) is 1. The summed E-state index contributed by atoms with van der Waals surface area (Å²) >= 11 is 1.43. The quantitative estimate of drug-likeness (QED) is 0.578. The Bertz CT molecular complexity index is 713. The average Bonchev–Trinajstić information content (AvgIpc) is 2.63. The van der Waals surface area contributed by atoms with Gasteiger partial charge in [-0.3, -0.25) is 4.79 Å². The lowest BCUT2D eigenvalue weighted by Crippen LogP contribution is -2.26. The maximum Gasteiger partial charge on any atom is 0.289 e. The van der Waals surface area contributed by atoms with Crippen molar-refractivity contribution < 1.29 is 0 Å². The molecule has 0 aliphatic rings. The van der Waals surface area contributed by atoms with Crippen molar-refractivity contribution in [3.05, 3.63) is 40.9 Å². The number of nitrogens with two attached hydrogens (primary N) is 1. The molecule has 0 aliphatic heterocycles. The second kappa shape index (κ2) is 2.80. The molecule has 0 fully saturated rings. The summed E-state index contributed by atoms with van der Waals surface area (Å²) in [4.78, 5) is 15.9. The molecule has 0 unspecified atom stereocenters. The van der Waals surface area contributed by atoms with E-state index in [1.54, 1.807) is 0 Å². The zero-order chi connectivity index (χ0) is 10.4. The molecule has 0 bridgehead atoms. The van der Waals surface area contributed by atoms with E-state index in [9.17, 15) is 4.79 Å². The van der Waals surface area contributed by atoms with Crippen molar-refractivity contribution in [3.8, 4) is 0 Å². The Labute approximate surface area is 88.6 Å². The van der Waals surface area contributed by atoms with Gasteiger partial charge in [0.25, 0.3) is 5.56 Å². The van der Waals surface area contributed by atoms with Gasteiger partial charge in [-0.05, 0) is 6.07 Å². The predicted molar refractivity (Wildman–Crippen MR) is 61.5 cm³/mol. The van der Waals surface area contributed by atoms with Crippen LogP contribution in [0, 0.1) is 0 Å². The smallest absolute Gasteiger partial charge is 0.289 e. The summed E-state index contributed by atoms with van der Waals surface area (Å²) in [6, 6.07) is 7.81. The molecule has 0 saturated carbocycles. The normalized spacial score (nSPS) is 11.2. The molecular formula is C10H7N3OS. The highest BCUT2D eigenvalue weighted by molar-refractivity contribution is 7.25. The Morgan fingerprint density at radius 3 is 3.00 bits per heavy atom. The molecule has 0 aliphatic carbocycles. The summed E-state index contributed by atoms with van der Waals surface area (Å²) in [5.74, 6) is 5.46. The first-order valence-corrected chi connectivity index (χ1v) is 5.23. The molecule has 5 heteroatoms. The highest BCUT2D eigenvalue weighted by atomic mass is 32.1. The molecule has 1 aromatic carbocycles. The first kappa shape index (κ1) is 8.43. The van der Waals surface area contributed by atoms with Crippen LogP contribution in [0.15, 0.2) is 35.4 Å². The van der Waals surface area contributed by atoms with Crippen molar-refractivity contribution >= 4 is 31.6 Å². The van der Waals surface area contributed by atoms with Crippen molar-refractivity contribution in [1.29, 1.82) is 0 Å². The maximum absolute atomic E-state index is 11.7. The van der Waals surface area contributed by atoms with Gasteiger partial charge in [0, 0.05) is 10.1 Å². The van der Waals surface area contributed by atoms with E-state index in [0.29, 0.717) is 4.70 Å². The van der Waals surface area contributed by atoms with Crippen molar-refractivity contribution in [1.82, 2.24) is 9.66 Å². The lowest BCUT2D eigenvalue weighted by Gasteiger charge is -1.94. The summed E-state index contributed by atoms with van der Waals surface area (Å²) in [5.41, 5.74) is 0.545. The Kier molecular flexibility index (Phi) is 1.58. The molecule has 15 heavy (non-hydrogen) atoms. The zero-order valence-electron chi connectivity index (χ0n) is 7.68. The van der Waals surface area contributed by atoms with E-state index in [0.717, 1.165) is 20.3 Å². The fourth-order valence-corrected chi connectivity index (χ4v) is 2.69. The van der Waals surface area contributed by atoms with Crippen LogP contribution < -0.4 is 11.4 Å². The number of nitrogen functional groups attached to an aromatic ring is 1. The zero-order valence-corrected chi connectivity index (χ0v) is 8.49. The minimum absolute atomic E-state index is 0.193. The van der Waals surface area contributed by atoms with Gasteiger partial charge in [0.1, 0.15) is 11.0 Å². The minimum Gasteiger partial charge on any atom is -0.335 e. The molecule has 0 saturated heterocycles. The number of rotatable bonds is 0. The number of hydrogen-bond acceptors (Lipinski definition) is 4. The topological polar surface area (TPSA) is 60.9 Å². The number of thiophene rings is 1. The van der Waals surface area contributed by atoms with Gasteiger partial charge in [-0.2, -0.15) is 0 Å². The summed E-state index contributed by atoms with van der Waals surface area (Å²) in [6.07, 6.45) is 1.35. The second-order valence-corrected chi connectivity index (χ2v) is 4.29. The number of aromatic nitrogens is 2. The molecule has 0 radical (unpaired) electrons. The third kappa shape index (κ3) is 1.07. The molecule has 2 aromatic heterocycles. The Balaban J connectivity index is 2.66. The molecule has 2 heterocycles. The lowest BCUT2D eigenvalue weighted by molar-refractivity contribution is 0.917. The van der Waals surface area contributed by atoms with E-state index >= 15 is 0 Å². The molecular weight excluding hydrogens is 210 g/mol. The van der Waals surface area contributed by atoms with Gasteiger partial charge in [-0.15, -0.1) is 11.3 Å². The van der Waals surface area contributed by atoms with Gasteiger partial charge in [0.05, 0.1) is 5.52 Å². The Hall–Kier alpha value is -1.88. The number of nitrogens with zero attached hydrogens (tertiary/aromatic N) is 2. The largest absolute Gasteiger partial charge is 0.335 e. The molecule has 3 rings (SSSR count). The van der Waals surface area contributed by atoms with E-state index in [-0.39, 0.29) is 5.56 Å². The van der Waals surface area contributed by atoms with Crippen LogP contribution in [0.5, 0.6) is 0 Å². The van der Waals surface area contributed by atoms with E-state index in [2.05, 4.69) is 4.98 Å².